The second-order valence-corrected chi connectivity index (χ2v) is 4.77. The first-order valence-electron chi connectivity index (χ1n) is 6.48. The van der Waals surface area contributed by atoms with Crippen molar-refractivity contribution in [1.29, 1.82) is 0 Å². The van der Waals surface area contributed by atoms with Crippen molar-refractivity contribution in [3.63, 3.8) is 0 Å². The molecule has 0 saturated heterocycles. The third-order valence-corrected chi connectivity index (χ3v) is 3.36. The molecule has 0 saturated carbocycles. The van der Waals surface area contributed by atoms with Crippen LogP contribution in [0.5, 0.6) is 0 Å². The predicted molar refractivity (Wildman–Crippen MR) is 78.9 cm³/mol. The van der Waals surface area contributed by atoms with Crippen LogP contribution in [0.15, 0.2) is 54.2 Å². The normalized spacial score (nSPS) is 13.6. The molecule has 100 valence electrons. The molecule has 0 bridgehead atoms. The second-order valence-electron chi connectivity index (χ2n) is 4.77. The van der Waals surface area contributed by atoms with Gasteiger partial charge in [0.25, 0.3) is 0 Å². The maximum atomic E-state index is 11.5. The number of carbonyl (C=O) groups excluding carboxylic acids is 1. The van der Waals surface area contributed by atoms with E-state index in [1.165, 1.54) is 0 Å². The molecular formula is C16H15N3O. The number of aromatic nitrogens is 1. The topological polar surface area (TPSA) is 59.2 Å². The number of amides is 1. The van der Waals surface area contributed by atoms with Crippen molar-refractivity contribution in [3.8, 4) is 0 Å². The molecule has 20 heavy (non-hydrogen) atoms. The lowest BCUT2D eigenvalue weighted by molar-refractivity contribution is -0.114. The van der Waals surface area contributed by atoms with E-state index in [0.29, 0.717) is 18.7 Å². The standard InChI is InChI=1S/C16H15N3O/c17-16(20)13-9-12-5-1-2-7-15(12)19(10-13)11-14-6-3-4-8-18-14/h1-9H,10-11H2,(H2,17,20). The molecule has 4 nitrogen and oxygen atoms in total. The third kappa shape index (κ3) is 2.40. The van der Waals surface area contributed by atoms with Gasteiger partial charge in [-0.25, -0.2) is 0 Å². The number of rotatable bonds is 3. The van der Waals surface area contributed by atoms with Gasteiger partial charge in [0.1, 0.15) is 0 Å². The monoisotopic (exact) mass is 265 g/mol. The van der Waals surface area contributed by atoms with Crippen LogP contribution in [0.3, 0.4) is 0 Å². The van der Waals surface area contributed by atoms with Crippen molar-refractivity contribution in [2.45, 2.75) is 6.54 Å². The van der Waals surface area contributed by atoms with Crippen LogP contribution in [-0.2, 0) is 11.3 Å². The van der Waals surface area contributed by atoms with Gasteiger partial charge >= 0.3 is 0 Å². The number of primary amides is 1. The van der Waals surface area contributed by atoms with Crippen molar-refractivity contribution in [2.24, 2.45) is 5.73 Å². The number of hydrogen-bond acceptors (Lipinski definition) is 3. The van der Waals surface area contributed by atoms with E-state index in [1.54, 1.807) is 6.20 Å². The summed E-state index contributed by atoms with van der Waals surface area (Å²) in [6, 6.07) is 13.8. The zero-order chi connectivity index (χ0) is 13.9. The van der Waals surface area contributed by atoms with E-state index in [-0.39, 0.29) is 5.91 Å². The summed E-state index contributed by atoms with van der Waals surface area (Å²) in [6.45, 7) is 1.17. The van der Waals surface area contributed by atoms with Gasteiger partial charge in [-0.2, -0.15) is 0 Å². The molecule has 0 aliphatic carbocycles. The molecule has 1 aliphatic rings. The van der Waals surface area contributed by atoms with Crippen LogP contribution < -0.4 is 10.6 Å². The molecule has 3 rings (SSSR count). The molecule has 2 N–H and O–H groups in total. The molecule has 4 heteroatoms. The van der Waals surface area contributed by atoms with Crippen molar-refractivity contribution < 1.29 is 4.79 Å². The minimum Gasteiger partial charge on any atom is -0.366 e. The Balaban J connectivity index is 1.96. The van der Waals surface area contributed by atoms with Gasteiger partial charge < -0.3 is 10.6 Å². The van der Waals surface area contributed by atoms with E-state index < -0.39 is 0 Å². The number of para-hydroxylation sites is 1. The minimum atomic E-state index is -0.370. The first-order valence-corrected chi connectivity index (χ1v) is 6.48. The predicted octanol–water partition coefficient (Wildman–Crippen LogP) is 1.97. The number of fused-ring (bicyclic) bond motifs is 1. The number of pyridine rings is 1. The fourth-order valence-corrected chi connectivity index (χ4v) is 2.40. The van der Waals surface area contributed by atoms with E-state index >= 15 is 0 Å². The first kappa shape index (κ1) is 12.4. The highest BCUT2D eigenvalue weighted by Crippen LogP contribution is 2.29. The Labute approximate surface area is 117 Å². The number of benzene rings is 1. The van der Waals surface area contributed by atoms with Gasteiger partial charge in [0.2, 0.25) is 5.91 Å². The summed E-state index contributed by atoms with van der Waals surface area (Å²) in [4.78, 5) is 17.9. The van der Waals surface area contributed by atoms with Crippen LogP contribution in [0.25, 0.3) is 6.08 Å². The van der Waals surface area contributed by atoms with E-state index in [1.807, 2.05) is 48.5 Å². The van der Waals surface area contributed by atoms with Crippen LogP contribution in [0.4, 0.5) is 5.69 Å². The zero-order valence-corrected chi connectivity index (χ0v) is 11.0. The fourth-order valence-electron chi connectivity index (χ4n) is 2.40. The highest BCUT2D eigenvalue weighted by Gasteiger charge is 2.20. The van der Waals surface area contributed by atoms with Crippen LogP contribution in [-0.4, -0.2) is 17.4 Å². The smallest absolute Gasteiger partial charge is 0.246 e. The molecule has 1 amide bonds. The third-order valence-electron chi connectivity index (χ3n) is 3.36. The molecule has 0 atom stereocenters. The molecule has 0 fully saturated rings. The van der Waals surface area contributed by atoms with E-state index in [9.17, 15) is 4.79 Å². The van der Waals surface area contributed by atoms with Crippen molar-refractivity contribution in [3.05, 3.63) is 65.5 Å². The molecular weight excluding hydrogens is 250 g/mol. The average molecular weight is 265 g/mol. The Morgan fingerprint density at radius 1 is 1.20 bits per heavy atom. The molecule has 2 heterocycles. The minimum absolute atomic E-state index is 0.370. The van der Waals surface area contributed by atoms with Crippen molar-refractivity contribution in [2.75, 3.05) is 11.4 Å². The summed E-state index contributed by atoms with van der Waals surface area (Å²) in [5.41, 5.74) is 9.14. The lowest BCUT2D eigenvalue weighted by Crippen LogP contribution is -2.33. The van der Waals surface area contributed by atoms with Gasteiger partial charge in [-0.3, -0.25) is 9.78 Å². The number of nitrogens with two attached hydrogens (primary N) is 1. The van der Waals surface area contributed by atoms with Crippen LogP contribution in [0, 0.1) is 0 Å². The molecule has 2 aromatic rings. The van der Waals surface area contributed by atoms with Gasteiger partial charge in [-0.15, -0.1) is 0 Å². The van der Waals surface area contributed by atoms with Crippen molar-refractivity contribution in [1.82, 2.24) is 4.98 Å². The van der Waals surface area contributed by atoms with Gasteiger partial charge in [0.15, 0.2) is 0 Å². The number of hydrogen-bond donors (Lipinski definition) is 1. The molecule has 1 aromatic carbocycles. The summed E-state index contributed by atoms with van der Waals surface area (Å²) in [7, 11) is 0. The Kier molecular flexibility index (Phi) is 3.21. The van der Waals surface area contributed by atoms with E-state index in [4.69, 9.17) is 5.73 Å². The van der Waals surface area contributed by atoms with Crippen LogP contribution in [0.1, 0.15) is 11.3 Å². The summed E-state index contributed by atoms with van der Waals surface area (Å²) in [5, 5.41) is 0. The number of carbonyl (C=O) groups is 1. The number of nitrogens with zero attached hydrogens (tertiary/aromatic N) is 2. The Morgan fingerprint density at radius 2 is 2.00 bits per heavy atom. The lowest BCUT2D eigenvalue weighted by Gasteiger charge is -2.30. The highest BCUT2D eigenvalue weighted by molar-refractivity contribution is 5.99. The Bertz CT molecular complexity index is 664. The fraction of sp³-hybridized carbons (Fsp3) is 0.125. The Morgan fingerprint density at radius 3 is 2.75 bits per heavy atom. The highest BCUT2D eigenvalue weighted by atomic mass is 16.1. The maximum Gasteiger partial charge on any atom is 0.246 e. The summed E-state index contributed by atoms with van der Waals surface area (Å²) in [6.07, 6.45) is 3.64. The van der Waals surface area contributed by atoms with Crippen LogP contribution in [0.2, 0.25) is 0 Å². The summed E-state index contributed by atoms with van der Waals surface area (Å²) in [5.74, 6) is -0.370. The lowest BCUT2D eigenvalue weighted by atomic mass is 10.0. The molecule has 0 radical (unpaired) electrons. The zero-order valence-electron chi connectivity index (χ0n) is 11.0. The largest absolute Gasteiger partial charge is 0.366 e. The average Bonchev–Trinajstić information content (AvgIpc) is 2.48. The molecule has 1 aromatic heterocycles. The molecule has 0 spiro atoms. The second kappa shape index (κ2) is 5.17. The maximum absolute atomic E-state index is 11.5. The van der Waals surface area contributed by atoms with Gasteiger partial charge in [0, 0.05) is 24.0 Å². The number of anilines is 1. The van der Waals surface area contributed by atoms with Gasteiger partial charge in [-0.05, 0) is 29.8 Å². The molecule has 1 aliphatic heterocycles. The SMILES string of the molecule is NC(=O)C1=Cc2ccccc2N(Cc2ccccn2)C1. The van der Waals surface area contributed by atoms with Gasteiger partial charge in [0.05, 0.1) is 12.2 Å². The van der Waals surface area contributed by atoms with Gasteiger partial charge in [-0.1, -0.05) is 24.3 Å². The van der Waals surface area contributed by atoms with Crippen LogP contribution >= 0.6 is 0 Å². The van der Waals surface area contributed by atoms with Crippen molar-refractivity contribution >= 4 is 17.7 Å². The Hall–Kier alpha value is -2.62. The summed E-state index contributed by atoms with van der Waals surface area (Å²) >= 11 is 0. The first-order chi connectivity index (χ1) is 9.74. The van der Waals surface area contributed by atoms with E-state index in [2.05, 4.69) is 9.88 Å². The molecule has 0 unspecified atom stereocenters. The summed E-state index contributed by atoms with van der Waals surface area (Å²) < 4.78 is 0. The van der Waals surface area contributed by atoms with E-state index in [0.717, 1.165) is 16.9 Å². The quantitative estimate of drug-likeness (QED) is 0.923.